The van der Waals surface area contributed by atoms with Gasteiger partial charge in [0.15, 0.2) is 0 Å². The summed E-state index contributed by atoms with van der Waals surface area (Å²) < 4.78 is 4.64. The molecule has 0 radical (unpaired) electrons. The van der Waals surface area contributed by atoms with E-state index in [1.807, 2.05) is 6.07 Å². The van der Waals surface area contributed by atoms with E-state index in [1.165, 1.54) is 7.11 Å². The zero-order valence-corrected chi connectivity index (χ0v) is 11.4. The molecule has 0 amide bonds. The maximum atomic E-state index is 11.4. The standard InChI is InChI=1S/C13H20N4O2/c1-3-9-8-17(7-5-10(9)14)11-4-6-15-12(16-11)13(18)19-2/h4,6,9-10H,3,5,7-8,14H2,1-2H3. The van der Waals surface area contributed by atoms with Gasteiger partial charge in [-0.2, -0.15) is 0 Å². The SMILES string of the molecule is CCC1CN(c2ccnc(C(=O)OC)n2)CCC1N. The van der Waals surface area contributed by atoms with Crippen molar-refractivity contribution in [2.45, 2.75) is 25.8 Å². The van der Waals surface area contributed by atoms with E-state index in [1.54, 1.807) is 6.20 Å². The summed E-state index contributed by atoms with van der Waals surface area (Å²) in [7, 11) is 1.32. The highest BCUT2D eigenvalue weighted by atomic mass is 16.5. The van der Waals surface area contributed by atoms with Gasteiger partial charge in [0.2, 0.25) is 5.82 Å². The van der Waals surface area contributed by atoms with E-state index in [0.29, 0.717) is 5.92 Å². The van der Waals surface area contributed by atoms with E-state index in [0.717, 1.165) is 31.7 Å². The number of hydrogen-bond donors (Lipinski definition) is 1. The third kappa shape index (κ3) is 3.01. The van der Waals surface area contributed by atoms with Crippen molar-refractivity contribution in [1.29, 1.82) is 0 Å². The number of carbonyl (C=O) groups excluding carboxylic acids is 1. The number of methoxy groups -OCH3 is 1. The second kappa shape index (κ2) is 5.97. The van der Waals surface area contributed by atoms with E-state index in [2.05, 4.69) is 26.5 Å². The minimum absolute atomic E-state index is 0.0999. The molecule has 2 N–H and O–H groups in total. The van der Waals surface area contributed by atoms with Crippen LogP contribution in [0, 0.1) is 5.92 Å². The predicted molar refractivity (Wildman–Crippen MR) is 72.0 cm³/mol. The molecule has 0 aromatic carbocycles. The summed E-state index contributed by atoms with van der Waals surface area (Å²) in [6.45, 7) is 3.87. The van der Waals surface area contributed by atoms with Crippen molar-refractivity contribution >= 4 is 11.8 Å². The Labute approximate surface area is 113 Å². The zero-order chi connectivity index (χ0) is 13.8. The fraction of sp³-hybridized carbons (Fsp3) is 0.615. The van der Waals surface area contributed by atoms with Crippen molar-refractivity contribution in [1.82, 2.24) is 9.97 Å². The van der Waals surface area contributed by atoms with Crippen LogP contribution < -0.4 is 10.6 Å². The Morgan fingerprint density at radius 2 is 2.42 bits per heavy atom. The molecule has 2 atom stereocenters. The molecule has 0 aliphatic carbocycles. The van der Waals surface area contributed by atoms with Gasteiger partial charge in [-0.05, 0) is 18.4 Å². The van der Waals surface area contributed by atoms with Gasteiger partial charge in [0, 0.05) is 25.3 Å². The maximum Gasteiger partial charge on any atom is 0.376 e. The van der Waals surface area contributed by atoms with Crippen LogP contribution in [-0.2, 0) is 4.74 Å². The van der Waals surface area contributed by atoms with Crippen molar-refractivity contribution in [2.75, 3.05) is 25.1 Å². The first-order valence-electron chi connectivity index (χ1n) is 6.57. The summed E-state index contributed by atoms with van der Waals surface area (Å²) in [6.07, 6.45) is 3.58. The van der Waals surface area contributed by atoms with Crippen LogP contribution in [0.3, 0.4) is 0 Å². The lowest BCUT2D eigenvalue weighted by atomic mass is 9.91. The third-order valence-corrected chi connectivity index (χ3v) is 3.65. The van der Waals surface area contributed by atoms with E-state index < -0.39 is 5.97 Å². The molecule has 0 bridgehead atoms. The van der Waals surface area contributed by atoms with Crippen molar-refractivity contribution in [3.05, 3.63) is 18.1 Å². The summed E-state index contributed by atoms with van der Waals surface area (Å²) in [5, 5.41) is 0. The lowest BCUT2D eigenvalue weighted by Gasteiger charge is -2.37. The number of piperidine rings is 1. The summed E-state index contributed by atoms with van der Waals surface area (Å²) in [5.41, 5.74) is 6.10. The number of hydrogen-bond acceptors (Lipinski definition) is 6. The smallest absolute Gasteiger partial charge is 0.376 e. The zero-order valence-electron chi connectivity index (χ0n) is 11.4. The number of rotatable bonds is 3. The van der Waals surface area contributed by atoms with Crippen molar-refractivity contribution in [3.8, 4) is 0 Å². The number of carbonyl (C=O) groups is 1. The first-order chi connectivity index (χ1) is 9.15. The van der Waals surface area contributed by atoms with Crippen molar-refractivity contribution in [2.24, 2.45) is 11.7 Å². The highest BCUT2D eigenvalue weighted by Crippen LogP contribution is 2.22. The van der Waals surface area contributed by atoms with E-state index in [9.17, 15) is 4.79 Å². The molecule has 1 aliphatic heterocycles. The summed E-state index contributed by atoms with van der Waals surface area (Å²) in [6, 6.07) is 2.07. The molecule has 0 spiro atoms. The van der Waals surface area contributed by atoms with Crippen LogP contribution in [0.15, 0.2) is 12.3 Å². The first kappa shape index (κ1) is 13.7. The molecule has 6 nitrogen and oxygen atoms in total. The summed E-state index contributed by atoms with van der Waals surface area (Å²) in [4.78, 5) is 21.8. The third-order valence-electron chi connectivity index (χ3n) is 3.65. The van der Waals surface area contributed by atoms with Crippen molar-refractivity contribution in [3.63, 3.8) is 0 Å². The topological polar surface area (TPSA) is 81.3 Å². The average molecular weight is 264 g/mol. The van der Waals surface area contributed by atoms with Crippen LogP contribution in [0.4, 0.5) is 5.82 Å². The van der Waals surface area contributed by atoms with Crippen molar-refractivity contribution < 1.29 is 9.53 Å². The molecule has 2 heterocycles. The summed E-state index contributed by atoms with van der Waals surface area (Å²) in [5.74, 6) is 0.816. The molecule has 0 saturated carbocycles. The van der Waals surface area contributed by atoms with Gasteiger partial charge >= 0.3 is 5.97 Å². The van der Waals surface area contributed by atoms with Crippen LogP contribution in [0.1, 0.15) is 30.4 Å². The van der Waals surface area contributed by atoms with Gasteiger partial charge < -0.3 is 15.4 Å². The monoisotopic (exact) mass is 264 g/mol. The van der Waals surface area contributed by atoms with Gasteiger partial charge in [0.1, 0.15) is 5.82 Å². The predicted octanol–water partition coefficient (Wildman–Crippen LogP) is 0.827. The first-order valence-corrected chi connectivity index (χ1v) is 6.57. The van der Waals surface area contributed by atoms with E-state index in [-0.39, 0.29) is 11.9 Å². The molecule has 2 rings (SSSR count). The number of nitrogens with two attached hydrogens (primary N) is 1. The number of nitrogens with zero attached hydrogens (tertiary/aromatic N) is 3. The molecule has 1 aliphatic rings. The number of esters is 1. The Morgan fingerprint density at radius 3 is 3.11 bits per heavy atom. The molecular weight excluding hydrogens is 244 g/mol. The Hall–Kier alpha value is -1.69. The number of anilines is 1. The second-order valence-corrected chi connectivity index (χ2v) is 4.80. The van der Waals surface area contributed by atoms with E-state index in [4.69, 9.17) is 5.73 Å². The fourth-order valence-corrected chi connectivity index (χ4v) is 2.41. The molecule has 1 saturated heterocycles. The molecule has 1 fully saturated rings. The largest absolute Gasteiger partial charge is 0.463 e. The molecule has 1 aromatic rings. The van der Waals surface area contributed by atoms with Gasteiger partial charge in [0.05, 0.1) is 7.11 Å². The quantitative estimate of drug-likeness (QED) is 0.814. The number of aromatic nitrogens is 2. The lowest BCUT2D eigenvalue weighted by molar-refractivity contribution is 0.0586. The second-order valence-electron chi connectivity index (χ2n) is 4.80. The molecule has 2 unspecified atom stereocenters. The normalized spacial score (nSPS) is 23.2. The molecule has 6 heteroatoms. The molecule has 19 heavy (non-hydrogen) atoms. The van der Waals surface area contributed by atoms with Gasteiger partial charge in [-0.3, -0.25) is 0 Å². The van der Waals surface area contributed by atoms with Crippen LogP contribution in [0.5, 0.6) is 0 Å². The Balaban J connectivity index is 2.15. The minimum atomic E-state index is -0.511. The van der Waals surface area contributed by atoms with Crippen LogP contribution in [0.2, 0.25) is 0 Å². The highest BCUT2D eigenvalue weighted by Gasteiger charge is 2.26. The van der Waals surface area contributed by atoms with Gasteiger partial charge in [-0.15, -0.1) is 0 Å². The number of ether oxygens (including phenoxy) is 1. The highest BCUT2D eigenvalue weighted by molar-refractivity contribution is 5.85. The molecule has 1 aromatic heterocycles. The van der Waals surface area contributed by atoms with Crippen LogP contribution in [-0.4, -0.2) is 42.2 Å². The van der Waals surface area contributed by atoms with Gasteiger partial charge in [-0.25, -0.2) is 14.8 Å². The van der Waals surface area contributed by atoms with Gasteiger partial charge in [0.25, 0.3) is 0 Å². The minimum Gasteiger partial charge on any atom is -0.463 e. The van der Waals surface area contributed by atoms with Crippen LogP contribution in [0.25, 0.3) is 0 Å². The Kier molecular flexibility index (Phi) is 4.31. The summed E-state index contributed by atoms with van der Waals surface area (Å²) >= 11 is 0. The van der Waals surface area contributed by atoms with E-state index >= 15 is 0 Å². The molecular formula is C13H20N4O2. The molecule has 104 valence electrons. The Morgan fingerprint density at radius 1 is 1.63 bits per heavy atom. The fourth-order valence-electron chi connectivity index (χ4n) is 2.41. The van der Waals surface area contributed by atoms with Gasteiger partial charge in [-0.1, -0.05) is 13.3 Å². The Bertz CT molecular complexity index is 452. The van der Waals surface area contributed by atoms with Crippen LogP contribution >= 0.6 is 0 Å². The average Bonchev–Trinajstić information content (AvgIpc) is 2.47. The maximum absolute atomic E-state index is 11.4. The lowest BCUT2D eigenvalue weighted by Crippen LogP contribution is -2.47.